The van der Waals surface area contributed by atoms with E-state index in [9.17, 15) is 0 Å². The van der Waals surface area contributed by atoms with E-state index in [1.165, 1.54) is 17.7 Å². The molecule has 4 nitrogen and oxygen atoms in total. The first-order valence-electron chi connectivity index (χ1n) is 5.87. The molecule has 1 unspecified atom stereocenters. The van der Waals surface area contributed by atoms with E-state index in [1.807, 2.05) is 6.92 Å². The predicted octanol–water partition coefficient (Wildman–Crippen LogP) is 1.50. The van der Waals surface area contributed by atoms with Crippen LogP contribution in [0, 0.1) is 0 Å². The number of aromatic nitrogens is 2. The molecule has 0 radical (unpaired) electrons. The minimum absolute atomic E-state index is 0.0690. The summed E-state index contributed by atoms with van der Waals surface area (Å²) in [6.45, 7) is 6.21. The predicted molar refractivity (Wildman–Crippen MR) is 65.4 cm³/mol. The molecule has 1 aromatic heterocycles. The molecule has 88 valence electrons. The molecule has 2 rings (SSSR count). The maximum absolute atomic E-state index is 5.96. The Labute approximate surface area is 96.7 Å². The number of hydrogen-bond donors (Lipinski definition) is 2. The molecule has 0 amide bonds. The largest absolute Gasteiger partial charge is 0.363 e. The van der Waals surface area contributed by atoms with Crippen molar-refractivity contribution in [3.05, 3.63) is 17.6 Å². The Bertz CT molecular complexity index is 385. The van der Waals surface area contributed by atoms with Gasteiger partial charge in [-0.25, -0.2) is 9.97 Å². The summed E-state index contributed by atoms with van der Waals surface area (Å²) in [7, 11) is 0. The van der Waals surface area contributed by atoms with Crippen molar-refractivity contribution in [2.75, 3.05) is 5.32 Å². The Morgan fingerprint density at radius 2 is 2.12 bits per heavy atom. The molecule has 0 aliphatic heterocycles. The molecule has 1 heterocycles. The van der Waals surface area contributed by atoms with Gasteiger partial charge in [-0.15, -0.1) is 0 Å². The van der Waals surface area contributed by atoms with Gasteiger partial charge in [0.15, 0.2) is 0 Å². The number of rotatable bonds is 3. The molecule has 1 aliphatic rings. The third-order valence-corrected chi connectivity index (χ3v) is 3.45. The fourth-order valence-corrected chi connectivity index (χ4v) is 1.89. The number of hydrogen-bond acceptors (Lipinski definition) is 4. The molecule has 16 heavy (non-hydrogen) atoms. The maximum Gasteiger partial charge on any atom is 0.133 e. The Balaban J connectivity index is 2.26. The molecule has 0 spiro atoms. The molecule has 3 N–H and O–H groups in total. The molecule has 0 bridgehead atoms. The molecule has 1 atom stereocenters. The van der Waals surface area contributed by atoms with Crippen LogP contribution in [0.4, 0.5) is 5.82 Å². The molecular formula is C12H20N4. The lowest BCUT2D eigenvalue weighted by Crippen LogP contribution is -2.47. The fourth-order valence-electron chi connectivity index (χ4n) is 1.89. The van der Waals surface area contributed by atoms with Crippen molar-refractivity contribution in [3.8, 4) is 0 Å². The first-order chi connectivity index (χ1) is 7.50. The average Bonchev–Trinajstić information content (AvgIpc) is 2.65. The summed E-state index contributed by atoms with van der Waals surface area (Å²) >= 11 is 0. The van der Waals surface area contributed by atoms with Gasteiger partial charge in [0.05, 0.1) is 0 Å². The highest BCUT2D eigenvalue weighted by Gasteiger charge is 2.26. The van der Waals surface area contributed by atoms with Crippen LogP contribution in [-0.2, 0) is 12.8 Å². The normalized spacial score (nSPS) is 17.0. The molecule has 4 heteroatoms. The van der Waals surface area contributed by atoms with Crippen molar-refractivity contribution in [1.82, 2.24) is 9.97 Å². The second kappa shape index (κ2) is 4.01. The smallest absolute Gasteiger partial charge is 0.133 e. The Kier molecular flexibility index (Phi) is 2.84. The van der Waals surface area contributed by atoms with E-state index in [-0.39, 0.29) is 11.6 Å². The van der Waals surface area contributed by atoms with E-state index in [2.05, 4.69) is 29.1 Å². The van der Waals surface area contributed by atoms with Gasteiger partial charge in [0.25, 0.3) is 0 Å². The van der Waals surface area contributed by atoms with E-state index < -0.39 is 0 Å². The summed E-state index contributed by atoms with van der Waals surface area (Å²) in [5, 5.41) is 3.44. The van der Waals surface area contributed by atoms with Crippen molar-refractivity contribution in [1.29, 1.82) is 0 Å². The molecule has 0 aromatic carbocycles. The average molecular weight is 220 g/mol. The molecule has 1 aromatic rings. The van der Waals surface area contributed by atoms with Crippen LogP contribution in [0.5, 0.6) is 0 Å². The number of aryl methyl sites for hydroxylation is 1. The van der Waals surface area contributed by atoms with Gasteiger partial charge in [-0.1, -0.05) is 0 Å². The van der Waals surface area contributed by atoms with E-state index >= 15 is 0 Å². The minimum Gasteiger partial charge on any atom is -0.363 e. The molecule has 0 saturated carbocycles. The molecule has 0 saturated heterocycles. The van der Waals surface area contributed by atoms with Gasteiger partial charge in [0.1, 0.15) is 12.1 Å². The van der Waals surface area contributed by atoms with Crippen LogP contribution in [0.15, 0.2) is 6.33 Å². The van der Waals surface area contributed by atoms with Crippen molar-refractivity contribution in [3.63, 3.8) is 0 Å². The highest BCUT2D eigenvalue weighted by atomic mass is 15.1. The number of fused-ring (bicyclic) bond motifs is 1. The second-order valence-corrected chi connectivity index (χ2v) is 5.14. The zero-order chi connectivity index (χ0) is 11.8. The first-order valence-corrected chi connectivity index (χ1v) is 5.87. The van der Waals surface area contributed by atoms with Gasteiger partial charge >= 0.3 is 0 Å². The van der Waals surface area contributed by atoms with E-state index in [1.54, 1.807) is 6.33 Å². The summed E-state index contributed by atoms with van der Waals surface area (Å²) < 4.78 is 0. The van der Waals surface area contributed by atoms with Gasteiger partial charge in [0.2, 0.25) is 0 Å². The van der Waals surface area contributed by atoms with Crippen LogP contribution in [-0.4, -0.2) is 21.5 Å². The highest BCUT2D eigenvalue weighted by Crippen LogP contribution is 2.27. The number of nitrogens with two attached hydrogens (primary N) is 1. The standard InChI is InChI=1S/C12H20N4/c1-8(13)12(2,3)16-11-9-5-4-6-10(9)14-7-15-11/h7-8H,4-6,13H2,1-3H3,(H,14,15,16). The summed E-state index contributed by atoms with van der Waals surface area (Å²) in [5.74, 6) is 0.963. The maximum atomic E-state index is 5.96. The zero-order valence-corrected chi connectivity index (χ0v) is 10.2. The number of nitrogens with zero attached hydrogens (tertiary/aromatic N) is 2. The second-order valence-electron chi connectivity index (χ2n) is 5.14. The van der Waals surface area contributed by atoms with E-state index in [4.69, 9.17) is 5.73 Å². The van der Waals surface area contributed by atoms with Crippen LogP contribution in [0.2, 0.25) is 0 Å². The first kappa shape index (κ1) is 11.3. The third-order valence-electron chi connectivity index (χ3n) is 3.45. The molecular weight excluding hydrogens is 200 g/mol. The van der Waals surface area contributed by atoms with Crippen molar-refractivity contribution >= 4 is 5.82 Å². The summed E-state index contributed by atoms with van der Waals surface area (Å²) in [6, 6.07) is 0.0690. The van der Waals surface area contributed by atoms with Crippen molar-refractivity contribution in [2.45, 2.75) is 51.6 Å². The van der Waals surface area contributed by atoms with Gasteiger partial charge in [0, 0.05) is 22.8 Å². The summed E-state index contributed by atoms with van der Waals surface area (Å²) in [6.07, 6.45) is 4.98. The number of nitrogens with one attached hydrogen (secondary N) is 1. The zero-order valence-electron chi connectivity index (χ0n) is 10.2. The molecule has 1 aliphatic carbocycles. The minimum atomic E-state index is -0.148. The Morgan fingerprint density at radius 1 is 1.38 bits per heavy atom. The van der Waals surface area contributed by atoms with Crippen LogP contribution < -0.4 is 11.1 Å². The topological polar surface area (TPSA) is 63.8 Å². The lowest BCUT2D eigenvalue weighted by molar-refractivity contribution is 0.468. The van der Waals surface area contributed by atoms with Crippen LogP contribution in [0.1, 0.15) is 38.4 Å². The van der Waals surface area contributed by atoms with Gasteiger partial charge < -0.3 is 11.1 Å². The van der Waals surface area contributed by atoms with E-state index in [0.29, 0.717) is 0 Å². The van der Waals surface area contributed by atoms with Crippen LogP contribution in [0.3, 0.4) is 0 Å². The summed E-state index contributed by atoms with van der Waals surface area (Å²) in [4.78, 5) is 8.65. The Hall–Kier alpha value is -1.16. The monoisotopic (exact) mass is 220 g/mol. The van der Waals surface area contributed by atoms with Gasteiger partial charge in [-0.2, -0.15) is 0 Å². The lowest BCUT2D eigenvalue weighted by atomic mass is 9.96. The number of anilines is 1. The third kappa shape index (κ3) is 2.02. The van der Waals surface area contributed by atoms with Crippen molar-refractivity contribution in [2.24, 2.45) is 5.73 Å². The van der Waals surface area contributed by atoms with Crippen LogP contribution in [0.25, 0.3) is 0 Å². The lowest BCUT2D eigenvalue weighted by Gasteiger charge is -2.31. The quantitative estimate of drug-likeness (QED) is 0.810. The van der Waals surface area contributed by atoms with E-state index in [0.717, 1.165) is 18.7 Å². The van der Waals surface area contributed by atoms with Gasteiger partial charge in [-0.3, -0.25) is 0 Å². The van der Waals surface area contributed by atoms with Gasteiger partial charge in [-0.05, 0) is 40.0 Å². The van der Waals surface area contributed by atoms with Crippen LogP contribution >= 0.6 is 0 Å². The molecule has 0 fully saturated rings. The fraction of sp³-hybridized carbons (Fsp3) is 0.667. The highest BCUT2D eigenvalue weighted by molar-refractivity contribution is 5.49. The van der Waals surface area contributed by atoms with Crippen molar-refractivity contribution < 1.29 is 0 Å². The summed E-state index contributed by atoms with van der Waals surface area (Å²) in [5.41, 5.74) is 8.28. The SMILES string of the molecule is CC(N)C(C)(C)Nc1ncnc2c1CCC2. The Morgan fingerprint density at radius 3 is 2.81 bits per heavy atom.